The Morgan fingerprint density at radius 2 is 1.14 bits per heavy atom. The van der Waals surface area contributed by atoms with Crippen molar-refractivity contribution < 1.29 is 4.74 Å². The van der Waals surface area contributed by atoms with E-state index < -0.39 is 0 Å². The second-order valence-electron chi connectivity index (χ2n) is 7.43. The van der Waals surface area contributed by atoms with E-state index in [1.54, 1.807) is 0 Å². The summed E-state index contributed by atoms with van der Waals surface area (Å²) in [6.07, 6.45) is 8.84. The van der Waals surface area contributed by atoms with Crippen molar-refractivity contribution in [1.82, 2.24) is 0 Å². The lowest BCUT2D eigenvalue weighted by atomic mass is 9.95. The molecule has 1 nitrogen and oxygen atoms in total. The highest BCUT2D eigenvalue weighted by Gasteiger charge is 2.03. The predicted molar refractivity (Wildman–Crippen MR) is 119 cm³/mol. The minimum absolute atomic E-state index is 0.738. The van der Waals surface area contributed by atoms with Gasteiger partial charge >= 0.3 is 0 Å². The molecule has 0 radical (unpaired) electrons. The quantitative estimate of drug-likeness (QED) is 0.300. The van der Waals surface area contributed by atoms with Gasteiger partial charge in [0.15, 0.2) is 0 Å². The Balaban J connectivity index is 1.26. The molecule has 0 N–H and O–H groups in total. The topological polar surface area (TPSA) is 9.23 Å². The highest BCUT2D eigenvalue weighted by molar-refractivity contribution is 5.67. The second kappa shape index (κ2) is 12.2. The standard InChI is InChI=1S/C27H32O/c1(2-4-14-22-28-23-24-15-7-5-8-16-24)3-9-17-26-20-12-13-21-27(26)25-18-10-6-11-19-25/h5-8,10-13,15-16,18-21H,1-4,9,14,17,22-23H2. The molecule has 0 aliphatic rings. The van der Waals surface area contributed by atoms with Crippen molar-refractivity contribution >= 4 is 0 Å². The van der Waals surface area contributed by atoms with Crippen LogP contribution in [0.15, 0.2) is 84.9 Å². The summed E-state index contributed by atoms with van der Waals surface area (Å²) in [5.41, 5.74) is 5.45. The predicted octanol–water partition coefficient (Wildman–Crippen LogP) is 7.45. The molecule has 0 unspecified atom stereocenters. The van der Waals surface area contributed by atoms with Gasteiger partial charge in [-0.2, -0.15) is 0 Å². The number of unbranched alkanes of at least 4 members (excludes halogenated alkanes) is 5. The highest BCUT2D eigenvalue weighted by atomic mass is 16.5. The van der Waals surface area contributed by atoms with Gasteiger partial charge in [-0.25, -0.2) is 0 Å². The monoisotopic (exact) mass is 372 g/mol. The Hall–Kier alpha value is -2.38. The Kier molecular flexibility index (Phi) is 8.83. The molecule has 28 heavy (non-hydrogen) atoms. The van der Waals surface area contributed by atoms with Crippen molar-refractivity contribution in [2.75, 3.05) is 6.61 Å². The minimum atomic E-state index is 0.738. The zero-order valence-electron chi connectivity index (χ0n) is 16.9. The number of hydrogen-bond donors (Lipinski definition) is 0. The molecule has 3 aromatic carbocycles. The van der Waals surface area contributed by atoms with E-state index in [1.165, 1.54) is 67.2 Å². The third-order valence-electron chi connectivity index (χ3n) is 5.20. The van der Waals surface area contributed by atoms with E-state index in [-0.39, 0.29) is 0 Å². The fourth-order valence-corrected chi connectivity index (χ4v) is 3.63. The molecule has 0 saturated carbocycles. The van der Waals surface area contributed by atoms with Gasteiger partial charge in [0, 0.05) is 6.61 Å². The molecule has 0 saturated heterocycles. The van der Waals surface area contributed by atoms with Crippen molar-refractivity contribution in [3.05, 3.63) is 96.1 Å². The molecule has 0 aromatic heterocycles. The number of aryl methyl sites for hydroxylation is 1. The van der Waals surface area contributed by atoms with E-state index >= 15 is 0 Å². The van der Waals surface area contributed by atoms with Gasteiger partial charge in [-0.15, -0.1) is 0 Å². The Morgan fingerprint density at radius 3 is 1.93 bits per heavy atom. The first-order valence-corrected chi connectivity index (χ1v) is 10.7. The van der Waals surface area contributed by atoms with Crippen molar-refractivity contribution in [2.24, 2.45) is 0 Å². The summed E-state index contributed by atoms with van der Waals surface area (Å²) in [5, 5.41) is 0. The fourth-order valence-electron chi connectivity index (χ4n) is 3.63. The molecule has 0 amide bonds. The van der Waals surface area contributed by atoms with Crippen molar-refractivity contribution in [1.29, 1.82) is 0 Å². The molecule has 0 bridgehead atoms. The molecule has 1 heteroatoms. The molecule has 0 fully saturated rings. The third-order valence-corrected chi connectivity index (χ3v) is 5.20. The average molecular weight is 373 g/mol. The van der Waals surface area contributed by atoms with Gasteiger partial charge in [0.05, 0.1) is 6.61 Å². The smallest absolute Gasteiger partial charge is 0.0716 e. The van der Waals surface area contributed by atoms with Gasteiger partial charge in [0.2, 0.25) is 0 Å². The van der Waals surface area contributed by atoms with Crippen LogP contribution in [0.2, 0.25) is 0 Å². The Bertz CT molecular complexity index is 780. The molecule has 3 aromatic rings. The first-order valence-electron chi connectivity index (χ1n) is 10.7. The van der Waals surface area contributed by atoms with Crippen LogP contribution in [0.25, 0.3) is 11.1 Å². The lowest BCUT2D eigenvalue weighted by Crippen LogP contribution is -1.95. The first-order chi connectivity index (χ1) is 13.9. The maximum Gasteiger partial charge on any atom is 0.0716 e. The lowest BCUT2D eigenvalue weighted by molar-refractivity contribution is 0.116. The van der Waals surface area contributed by atoms with Gasteiger partial charge < -0.3 is 4.74 Å². The third kappa shape index (κ3) is 6.98. The van der Waals surface area contributed by atoms with Crippen molar-refractivity contribution in [3.8, 4) is 11.1 Å². The van der Waals surface area contributed by atoms with Gasteiger partial charge in [-0.05, 0) is 41.5 Å². The van der Waals surface area contributed by atoms with Crippen LogP contribution in [0.1, 0.15) is 49.7 Å². The maximum atomic E-state index is 5.76. The van der Waals surface area contributed by atoms with E-state index in [4.69, 9.17) is 4.74 Å². The van der Waals surface area contributed by atoms with E-state index in [0.717, 1.165) is 13.2 Å². The van der Waals surface area contributed by atoms with Crippen molar-refractivity contribution in [3.63, 3.8) is 0 Å². The number of ether oxygens (including phenoxy) is 1. The molecule has 0 aliphatic carbocycles. The maximum absolute atomic E-state index is 5.76. The Morgan fingerprint density at radius 1 is 0.536 bits per heavy atom. The van der Waals surface area contributed by atoms with Crippen LogP contribution >= 0.6 is 0 Å². The number of rotatable bonds is 12. The highest BCUT2D eigenvalue weighted by Crippen LogP contribution is 2.25. The van der Waals surface area contributed by atoms with Gasteiger partial charge in [-0.1, -0.05) is 111 Å². The average Bonchev–Trinajstić information content (AvgIpc) is 2.77. The Labute approximate surface area is 170 Å². The first kappa shape index (κ1) is 20.4. The zero-order valence-corrected chi connectivity index (χ0v) is 16.9. The zero-order chi connectivity index (χ0) is 19.3. The van der Waals surface area contributed by atoms with Gasteiger partial charge in [-0.3, -0.25) is 0 Å². The van der Waals surface area contributed by atoms with Gasteiger partial charge in [0.1, 0.15) is 0 Å². The molecular formula is C27H32O. The molecule has 0 spiro atoms. The van der Waals surface area contributed by atoms with Crippen LogP contribution in [-0.4, -0.2) is 6.61 Å². The SMILES string of the molecule is c1ccc(COCCCCCCCCc2ccccc2-c2ccccc2)cc1. The molecule has 3 rings (SSSR count). The van der Waals surface area contributed by atoms with Crippen LogP contribution in [-0.2, 0) is 17.8 Å². The van der Waals surface area contributed by atoms with Crippen LogP contribution < -0.4 is 0 Å². The summed E-state index contributed by atoms with van der Waals surface area (Å²) in [6, 6.07) is 30.0. The summed E-state index contributed by atoms with van der Waals surface area (Å²) in [5.74, 6) is 0. The summed E-state index contributed by atoms with van der Waals surface area (Å²) in [6.45, 7) is 1.61. The largest absolute Gasteiger partial charge is 0.377 e. The molecule has 0 aliphatic heterocycles. The van der Waals surface area contributed by atoms with Gasteiger partial charge in [0.25, 0.3) is 0 Å². The number of benzene rings is 3. The van der Waals surface area contributed by atoms with E-state index in [2.05, 4.69) is 78.9 Å². The molecule has 0 heterocycles. The summed E-state index contributed by atoms with van der Waals surface area (Å²) < 4.78 is 5.76. The van der Waals surface area contributed by atoms with Crippen LogP contribution in [0, 0.1) is 0 Å². The summed E-state index contributed by atoms with van der Waals surface area (Å²) in [7, 11) is 0. The second-order valence-corrected chi connectivity index (χ2v) is 7.43. The molecule has 146 valence electrons. The van der Waals surface area contributed by atoms with Crippen LogP contribution in [0.4, 0.5) is 0 Å². The van der Waals surface area contributed by atoms with Crippen LogP contribution in [0.3, 0.4) is 0 Å². The summed E-state index contributed by atoms with van der Waals surface area (Å²) in [4.78, 5) is 0. The van der Waals surface area contributed by atoms with Crippen molar-refractivity contribution in [2.45, 2.75) is 51.6 Å². The molecular weight excluding hydrogens is 340 g/mol. The normalized spacial score (nSPS) is 10.9. The van der Waals surface area contributed by atoms with E-state index in [9.17, 15) is 0 Å². The fraction of sp³-hybridized carbons (Fsp3) is 0.333. The summed E-state index contributed by atoms with van der Waals surface area (Å²) >= 11 is 0. The van der Waals surface area contributed by atoms with E-state index in [1.807, 2.05) is 6.07 Å². The number of hydrogen-bond acceptors (Lipinski definition) is 1. The van der Waals surface area contributed by atoms with Crippen LogP contribution in [0.5, 0.6) is 0 Å². The molecule has 0 atom stereocenters. The lowest BCUT2D eigenvalue weighted by Gasteiger charge is -2.10. The minimum Gasteiger partial charge on any atom is -0.377 e. The van der Waals surface area contributed by atoms with E-state index in [0.29, 0.717) is 0 Å².